The van der Waals surface area contributed by atoms with Gasteiger partial charge in [-0.3, -0.25) is 0 Å². The molecular weight excluding hydrogens is 335 g/mol. The molecule has 0 aliphatic heterocycles. The average Bonchev–Trinajstić information content (AvgIpc) is 2.10. The Morgan fingerprint density at radius 3 is 2.25 bits per heavy atom. The van der Waals surface area contributed by atoms with E-state index in [0.29, 0.717) is 11.1 Å². The molecule has 0 unspecified atom stereocenters. The topological polar surface area (TPSA) is 25.8 Å². The van der Waals surface area contributed by atoms with Crippen LogP contribution in [0.1, 0.15) is 46.1 Å². The zero-order chi connectivity index (χ0) is 12.5. The minimum absolute atomic E-state index is 0.0558. The predicted octanol–water partition coefficient (Wildman–Crippen LogP) is 4.23. The fourth-order valence-electron chi connectivity index (χ4n) is 1.32. The molecule has 0 fully saturated rings. The van der Waals surface area contributed by atoms with Gasteiger partial charge in [0.1, 0.15) is 11.0 Å². The number of hydrogen-bond acceptors (Lipinski definition) is 2. The van der Waals surface area contributed by atoms with Gasteiger partial charge in [-0.1, -0.05) is 46.2 Å². The van der Waals surface area contributed by atoms with Gasteiger partial charge in [0.2, 0.25) is 0 Å². The molecule has 0 bridgehead atoms. The van der Waals surface area contributed by atoms with E-state index in [1.807, 2.05) is 0 Å². The van der Waals surface area contributed by atoms with Crippen molar-refractivity contribution in [3.8, 4) is 0 Å². The van der Waals surface area contributed by atoms with E-state index in [2.05, 4.69) is 67.2 Å². The Kier molecular flexibility index (Phi) is 4.57. The lowest BCUT2D eigenvalue weighted by molar-refractivity contribution is 0.533. The van der Waals surface area contributed by atoms with Crippen LogP contribution in [0.5, 0.6) is 0 Å². The van der Waals surface area contributed by atoms with E-state index in [0.717, 1.165) is 21.5 Å². The Bertz CT molecular complexity index is 383. The van der Waals surface area contributed by atoms with Crippen LogP contribution in [0.4, 0.5) is 0 Å². The minimum atomic E-state index is -0.0558. The molecule has 1 aromatic heterocycles. The summed E-state index contributed by atoms with van der Waals surface area (Å²) < 4.78 is 0.987. The number of hydrogen-bond donors (Lipinski definition) is 0. The molecule has 0 amide bonds. The average molecular weight is 353 g/mol. The van der Waals surface area contributed by atoms with Gasteiger partial charge in [-0.2, -0.15) is 0 Å². The van der Waals surface area contributed by atoms with Gasteiger partial charge in [0.25, 0.3) is 0 Å². The zero-order valence-electron chi connectivity index (χ0n) is 10.4. The summed E-state index contributed by atoms with van der Waals surface area (Å²) in [6.07, 6.45) is 0.948. The molecule has 0 aromatic carbocycles. The first-order valence-electron chi connectivity index (χ1n) is 5.44. The third-order valence-electron chi connectivity index (χ3n) is 2.15. The largest absolute Gasteiger partial charge is 0.236 e. The molecule has 2 nitrogen and oxygen atoms in total. The lowest BCUT2D eigenvalue weighted by atomic mass is 9.95. The molecule has 0 aliphatic carbocycles. The fourth-order valence-corrected chi connectivity index (χ4v) is 1.97. The fraction of sp³-hybridized carbons (Fsp3) is 0.667. The summed E-state index contributed by atoms with van der Waals surface area (Å²) in [7, 11) is 0. The molecule has 0 atom stereocenters. The van der Waals surface area contributed by atoms with Gasteiger partial charge in [0.05, 0.1) is 9.26 Å². The van der Waals surface area contributed by atoms with E-state index in [1.54, 1.807) is 0 Å². The Balaban J connectivity index is 3.22. The van der Waals surface area contributed by atoms with Crippen LogP contribution in [0, 0.1) is 9.49 Å². The number of halogens is 2. The maximum absolute atomic E-state index is 6.15. The van der Waals surface area contributed by atoms with Crippen molar-refractivity contribution >= 4 is 34.2 Å². The van der Waals surface area contributed by atoms with Crippen LogP contribution in [-0.2, 0) is 11.8 Å². The van der Waals surface area contributed by atoms with Crippen molar-refractivity contribution in [2.45, 2.75) is 46.5 Å². The molecule has 90 valence electrons. The molecule has 0 radical (unpaired) electrons. The lowest BCUT2D eigenvalue weighted by Gasteiger charge is -2.19. The third-order valence-corrected chi connectivity index (χ3v) is 3.88. The summed E-state index contributed by atoms with van der Waals surface area (Å²) in [5.74, 6) is 1.40. The highest BCUT2D eigenvalue weighted by Gasteiger charge is 2.21. The summed E-state index contributed by atoms with van der Waals surface area (Å²) in [4.78, 5) is 9.00. The summed E-state index contributed by atoms with van der Waals surface area (Å²) in [6, 6.07) is 0. The van der Waals surface area contributed by atoms with Crippen molar-refractivity contribution in [1.82, 2.24) is 9.97 Å². The monoisotopic (exact) mass is 352 g/mol. The molecule has 16 heavy (non-hydrogen) atoms. The number of aromatic nitrogens is 2. The highest BCUT2D eigenvalue weighted by Crippen LogP contribution is 2.26. The van der Waals surface area contributed by atoms with Gasteiger partial charge in [-0.25, -0.2) is 9.97 Å². The molecule has 4 heteroatoms. The second kappa shape index (κ2) is 5.17. The van der Waals surface area contributed by atoms with Crippen LogP contribution < -0.4 is 0 Å². The Labute approximate surface area is 116 Å². The minimum Gasteiger partial charge on any atom is -0.236 e. The summed E-state index contributed by atoms with van der Waals surface area (Å²) in [6.45, 7) is 10.7. The maximum atomic E-state index is 6.15. The van der Waals surface area contributed by atoms with Gasteiger partial charge >= 0.3 is 0 Å². The SMILES string of the molecule is CC(C)Cc1nc(C(C)(C)C)nc(Cl)c1I. The smallest absolute Gasteiger partial charge is 0.146 e. The summed E-state index contributed by atoms with van der Waals surface area (Å²) in [5.41, 5.74) is 1.01. The van der Waals surface area contributed by atoms with E-state index in [1.165, 1.54) is 0 Å². The van der Waals surface area contributed by atoms with Crippen LogP contribution in [0.15, 0.2) is 0 Å². The molecule has 0 N–H and O–H groups in total. The molecule has 0 aliphatic rings. The molecule has 0 spiro atoms. The molecular formula is C12H18ClIN2. The lowest BCUT2D eigenvalue weighted by Crippen LogP contribution is -2.18. The first-order valence-corrected chi connectivity index (χ1v) is 6.90. The number of nitrogens with zero attached hydrogens (tertiary/aromatic N) is 2. The van der Waals surface area contributed by atoms with Gasteiger partial charge in [0.15, 0.2) is 0 Å². The van der Waals surface area contributed by atoms with Crippen molar-refractivity contribution < 1.29 is 0 Å². The van der Waals surface area contributed by atoms with Crippen molar-refractivity contribution in [2.24, 2.45) is 5.92 Å². The van der Waals surface area contributed by atoms with Crippen LogP contribution in [-0.4, -0.2) is 9.97 Å². The normalized spacial score (nSPS) is 12.2. The Morgan fingerprint density at radius 1 is 1.25 bits per heavy atom. The first-order chi connectivity index (χ1) is 7.21. The van der Waals surface area contributed by atoms with Gasteiger partial charge < -0.3 is 0 Å². The highest BCUT2D eigenvalue weighted by molar-refractivity contribution is 14.1. The maximum Gasteiger partial charge on any atom is 0.146 e. The van der Waals surface area contributed by atoms with E-state index < -0.39 is 0 Å². The van der Waals surface area contributed by atoms with Gasteiger partial charge in [-0.15, -0.1) is 0 Å². The number of rotatable bonds is 2. The van der Waals surface area contributed by atoms with E-state index in [9.17, 15) is 0 Å². The quantitative estimate of drug-likeness (QED) is 0.588. The summed E-state index contributed by atoms with van der Waals surface area (Å²) >= 11 is 8.38. The first kappa shape index (κ1) is 14.2. The standard InChI is InChI=1S/C12H18ClIN2/c1-7(2)6-8-9(14)10(13)16-11(15-8)12(3,4)5/h7H,6H2,1-5H3. The third kappa shape index (κ3) is 3.55. The van der Waals surface area contributed by atoms with E-state index in [4.69, 9.17) is 11.6 Å². The predicted molar refractivity (Wildman–Crippen MR) is 77.0 cm³/mol. The van der Waals surface area contributed by atoms with Crippen molar-refractivity contribution in [2.75, 3.05) is 0 Å². The molecule has 1 aromatic rings. The summed E-state index contributed by atoms with van der Waals surface area (Å²) in [5, 5.41) is 0.580. The Hall–Kier alpha value is 0.100. The Morgan fingerprint density at radius 2 is 1.81 bits per heavy atom. The van der Waals surface area contributed by atoms with Crippen molar-refractivity contribution in [1.29, 1.82) is 0 Å². The van der Waals surface area contributed by atoms with E-state index in [-0.39, 0.29) is 5.41 Å². The van der Waals surface area contributed by atoms with E-state index >= 15 is 0 Å². The molecule has 1 heterocycles. The molecule has 0 saturated heterocycles. The van der Waals surface area contributed by atoms with Crippen LogP contribution in [0.2, 0.25) is 5.15 Å². The van der Waals surface area contributed by atoms with Crippen LogP contribution >= 0.6 is 34.2 Å². The second-order valence-electron chi connectivity index (χ2n) is 5.45. The zero-order valence-corrected chi connectivity index (χ0v) is 13.3. The van der Waals surface area contributed by atoms with Gasteiger partial charge in [-0.05, 0) is 34.9 Å². The van der Waals surface area contributed by atoms with Crippen molar-refractivity contribution in [3.05, 3.63) is 20.2 Å². The van der Waals surface area contributed by atoms with Crippen molar-refractivity contribution in [3.63, 3.8) is 0 Å². The van der Waals surface area contributed by atoms with Crippen LogP contribution in [0.3, 0.4) is 0 Å². The highest BCUT2D eigenvalue weighted by atomic mass is 127. The van der Waals surface area contributed by atoms with Crippen LogP contribution in [0.25, 0.3) is 0 Å². The van der Waals surface area contributed by atoms with Gasteiger partial charge in [0, 0.05) is 5.41 Å². The second-order valence-corrected chi connectivity index (χ2v) is 6.88. The molecule has 1 rings (SSSR count). The molecule has 0 saturated carbocycles.